The molecule has 0 aliphatic carbocycles. The third-order valence-corrected chi connectivity index (χ3v) is 4.40. The second-order valence-electron chi connectivity index (χ2n) is 6.30. The van der Waals surface area contributed by atoms with Crippen molar-refractivity contribution in [3.63, 3.8) is 0 Å². The lowest BCUT2D eigenvalue weighted by Crippen LogP contribution is -2.06. The van der Waals surface area contributed by atoms with Crippen LogP contribution in [0.1, 0.15) is 35.1 Å². The van der Waals surface area contributed by atoms with Crippen LogP contribution in [-0.4, -0.2) is 11.0 Å². The Labute approximate surface area is 142 Å². The quantitative estimate of drug-likeness (QED) is 0.659. The van der Waals surface area contributed by atoms with E-state index in [0.717, 1.165) is 29.5 Å². The molecule has 124 valence electrons. The summed E-state index contributed by atoms with van der Waals surface area (Å²) in [6.07, 6.45) is 4.16. The number of hydrogen-bond acceptors (Lipinski definition) is 2. The Balaban J connectivity index is 1.48. The van der Waals surface area contributed by atoms with Crippen LogP contribution in [0.15, 0.2) is 48.7 Å². The molecule has 0 spiro atoms. The molecule has 24 heavy (non-hydrogen) atoms. The second-order valence-corrected chi connectivity index (χ2v) is 6.30. The van der Waals surface area contributed by atoms with Crippen LogP contribution < -0.4 is 0 Å². The van der Waals surface area contributed by atoms with Gasteiger partial charge in [-0.3, -0.25) is 4.79 Å². The van der Waals surface area contributed by atoms with Gasteiger partial charge in [-0.2, -0.15) is 0 Å². The molecule has 3 nitrogen and oxygen atoms in total. The number of fused-ring (bicyclic) bond motifs is 1. The summed E-state index contributed by atoms with van der Waals surface area (Å²) >= 11 is 0. The second kappa shape index (κ2) is 7.35. The molecule has 0 amide bonds. The highest BCUT2D eigenvalue weighted by molar-refractivity contribution is 5.83. The number of esters is 1. The standard InChI is InChI=1S/C21H23NO2/c1-15-10-11-16(2)18(12-15)14-24-21(23)9-5-6-17-13-22-20-8-4-3-7-19(17)20/h3-4,7-8,10-13,22H,5-6,9,14H2,1-2H3. The van der Waals surface area contributed by atoms with Gasteiger partial charge in [-0.25, -0.2) is 0 Å². The summed E-state index contributed by atoms with van der Waals surface area (Å²) in [6.45, 7) is 4.45. The number of carbonyl (C=O) groups excluding carboxylic acids is 1. The molecule has 0 aliphatic rings. The molecule has 1 N–H and O–H groups in total. The van der Waals surface area contributed by atoms with E-state index in [4.69, 9.17) is 4.74 Å². The molecule has 3 aromatic rings. The van der Waals surface area contributed by atoms with Gasteiger partial charge < -0.3 is 9.72 Å². The summed E-state index contributed by atoms with van der Waals surface area (Å²) in [5.74, 6) is -0.129. The van der Waals surface area contributed by atoms with E-state index in [9.17, 15) is 4.79 Å². The Bertz CT molecular complexity index is 848. The molecule has 0 fully saturated rings. The summed E-state index contributed by atoms with van der Waals surface area (Å²) < 4.78 is 5.42. The maximum Gasteiger partial charge on any atom is 0.306 e. The number of rotatable bonds is 6. The van der Waals surface area contributed by atoms with Crippen molar-refractivity contribution in [2.75, 3.05) is 0 Å². The van der Waals surface area contributed by atoms with Crippen molar-refractivity contribution >= 4 is 16.9 Å². The van der Waals surface area contributed by atoms with Crippen molar-refractivity contribution in [2.45, 2.75) is 39.7 Å². The fourth-order valence-corrected chi connectivity index (χ4v) is 2.95. The summed E-state index contributed by atoms with van der Waals surface area (Å²) in [5.41, 5.74) is 5.83. The molecule has 2 aromatic carbocycles. The van der Waals surface area contributed by atoms with Crippen molar-refractivity contribution in [2.24, 2.45) is 0 Å². The van der Waals surface area contributed by atoms with Crippen molar-refractivity contribution < 1.29 is 9.53 Å². The fourth-order valence-electron chi connectivity index (χ4n) is 2.95. The number of nitrogens with one attached hydrogen (secondary N) is 1. The summed E-state index contributed by atoms with van der Waals surface area (Å²) in [7, 11) is 0. The van der Waals surface area contributed by atoms with Crippen LogP contribution in [0.4, 0.5) is 0 Å². The van der Waals surface area contributed by atoms with Gasteiger partial charge >= 0.3 is 5.97 Å². The van der Waals surface area contributed by atoms with E-state index >= 15 is 0 Å². The minimum absolute atomic E-state index is 0.129. The number of carbonyl (C=O) groups is 1. The SMILES string of the molecule is Cc1ccc(C)c(COC(=O)CCCc2c[nH]c3ccccc23)c1. The van der Waals surface area contributed by atoms with E-state index in [1.807, 2.05) is 32.2 Å². The number of para-hydroxylation sites is 1. The minimum Gasteiger partial charge on any atom is -0.461 e. The predicted molar refractivity (Wildman–Crippen MR) is 96.9 cm³/mol. The lowest BCUT2D eigenvalue weighted by molar-refractivity contribution is -0.145. The number of H-pyrrole nitrogens is 1. The third-order valence-electron chi connectivity index (χ3n) is 4.40. The normalized spacial score (nSPS) is 10.9. The van der Waals surface area contributed by atoms with Crippen LogP contribution in [0.25, 0.3) is 10.9 Å². The Morgan fingerprint density at radius 1 is 1.08 bits per heavy atom. The lowest BCUT2D eigenvalue weighted by Gasteiger charge is -2.08. The van der Waals surface area contributed by atoms with Crippen molar-refractivity contribution in [3.05, 3.63) is 70.9 Å². The van der Waals surface area contributed by atoms with Gasteiger partial charge in [0.1, 0.15) is 6.61 Å². The third kappa shape index (κ3) is 3.85. The van der Waals surface area contributed by atoms with Crippen LogP contribution in [0.3, 0.4) is 0 Å². The van der Waals surface area contributed by atoms with E-state index < -0.39 is 0 Å². The Morgan fingerprint density at radius 3 is 2.79 bits per heavy atom. The maximum absolute atomic E-state index is 12.0. The Hall–Kier alpha value is -2.55. The number of ether oxygens (including phenoxy) is 1. The summed E-state index contributed by atoms with van der Waals surface area (Å²) in [4.78, 5) is 15.2. The molecule has 0 unspecified atom stereocenters. The van der Waals surface area contributed by atoms with Crippen molar-refractivity contribution in [1.29, 1.82) is 0 Å². The molecule has 0 radical (unpaired) electrons. The highest BCUT2D eigenvalue weighted by Gasteiger charge is 2.07. The summed E-state index contributed by atoms with van der Waals surface area (Å²) in [6, 6.07) is 14.5. The summed E-state index contributed by atoms with van der Waals surface area (Å²) in [5, 5.41) is 1.24. The first-order chi connectivity index (χ1) is 11.6. The van der Waals surface area contributed by atoms with Crippen LogP contribution in [-0.2, 0) is 22.6 Å². The zero-order chi connectivity index (χ0) is 16.9. The highest BCUT2D eigenvalue weighted by atomic mass is 16.5. The first-order valence-electron chi connectivity index (χ1n) is 8.40. The fraction of sp³-hybridized carbons (Fsp3) is 0.286. The van der Waals surface area contributed by atoms with Crippen LogP contribution in [0.5, 0.6) is 0 Å². The molecule has 3 rings (SSSR count). The molecule has 1 heterocycles. The zero-order valence-corrected chi connectivity index (χ0v) is 14.3. The van der Waals surface area contributed by atoms with Gasteiger partial charge in [-0.05, 0) is 49.4 Å². The van der Waals surface area contributed by atoms with Crippen LogP contribution in [0.2, 0.25) is 0 Å². The van der Waals surface area contributed by atoms with Gasteiger partial charge in [0.05, 0.1) is 0 Å². The molecule has 0 saturated carbocycles. The van der Waals surface area contributed by atoms with E-state index in [1.165, 1.54) is 16.5 Å². The first kappa shape index (κ1) is 16.3. The highest BCUT2D eigenvalue weighted by Crippen LogP contribution is 2.19. The largest absolute Gasteiger partial charge is 0.461 e. The van der Waals surface area contributed by atoms with E-state index in [1.54, 1.807) is 0 Å². The van der Waals surface area contributed by atoms with E-state index in [-0.39, 0.29) is 5.97 Å². The Kier molecular flexibility index (Phi) is 4.99. The molecular weight excluding hydrogens is 298 g/mol. The predicted octanol–water partition coefficient (Wildman–Crippen LogP) is 4.85. The molecule has 1 aromatic heterocycles. The van der Waals surface area contributed by atoms with Crippen molar-refractivity contribution in [3.8, 4) is 0 Å². The zero-order valence-electron chi connectivity index (χ0n) is 14.3. The molecule has 0 aliphatic heterocycles. The maximum atomic E-state index is 12.0. The lowest BCUT2D eigenvalue weighted by atomic mass is 10.1. The van der Waals surface area contributed by atoms with Gasteiger partial charge in [0.25, 0.3) is 0 Å². The van der Waals surface area contributed by atoms with E-state index in [2.05, 4.69) is 35.3 Å². The first-order valence-corrected chi connectivity index (χ1v) is 8.40. The number of aryl methyl sites for hydroxylation is 3. The smallest absolute Gasteiger partial charge is 0.306 e. The average Bonchev–Trinajstić information content (AvgIpc) is 2.99. The topological polar surface area (TPSA) is 42.1 Å². The number of aromatic nitrogens is 1. The van der Waals surface area contributed by atoms with Gasteiger partial charge in [-0.1, -0.05) is 42.0 Å². The molecule has 0 bridgehead atoms. The number of aromatic amines is 1. The van der Waals surface area contributed by atoms with Crippen molar-refractivity contribution in [1.82, 2.24) is 4.98 Å². The number of benzene rings is 2. The van der Waals surface area contributed by atoms with Gasteiger partial charge in [0.2, 0.25) is 0 Å². The number of hydrogen-bond donors (Lipinski definition) is 1. The molecule has 0 atom stereocenters. The van der Waals surface area contributed by atoms with Crippen LogP contribution in [0, 0.1) is 13.8 Å². The average molecular weight is 321 g/mol. The molecular formula is C21H23NO2. The van der Waals surface area contributed by atoms with Crippen LogP contribution >= 0.6 is 0 Å². The van der Waals surface area contributed by atoms with Gasteiger partial charge in [0, 0.05) is 23.5 Å². The monoisotopic (exact) mass is 321 g/mol. The molecule has 3 heteroatoms. The van der Waals surface area contributed by atoms with Gasteiger partial charge in [-0.15, -0.1) is 0 Å². The van der Waals surface area contributed by atoms with Gasteiger partial charge in [0.15, 0.2) is 0 Å². The van der Waals surface area contributed by atoms with E-state index in [0.29, 0.717) is 13.0 Å². The molecule has 0 saturated heterocycles. The minimum atomic E-state index is -0.129. The Morgan fingerprint density at radius 2 is 1.92 bits per heavy atom.